The predicted octanol–water partition coefficient (Wildman–Crippen LogP) is 4.59. The Morgan fingerprint density at radius 1 is 1.38 bits per heavy atom. The summed E-state index contributed by atoms with van der Waals surface area (Å²) in [7, 11) is 1.46. The van der Waals surface area contributed by atoms with Crippen molar-refractivity contribution in [3.63, 3.8) is 0 Å². The highest BCUT2D eigenvalue weighted by Crippen LogP contribution is 2.40. The van der Waals surface area contributed by atoms with Crippen LogP contribution in [0.2, 0.25) is 5.02 Å². The number of hydrogen-bond acceptors (Lipinski definition) is 5. The number of carbonyl (C=O) groups excluding carboxylic acids is 1. The van der Waals surface area contributed by atoms with Crippen LogP contribution in [0.3, 0.4) is 0 Å². The molecule has 0 radical (unpaired) electrons. The van der Waals surface area contributed by atoms with Crippen molar-refractivity contribution in [2.75, 3.05) is 7.11 Å². The molecule has 128 valence electrons. The van der Waals surface area contributed by atoms with Crippen molar-refractivity contribution >= 4 is 51.9 Å². The molecular formula is C17H18ClNO3S2. The van der Waals surface area contributed by atoms with E-state index in [2.05, 4.69) is 0 Å². The van der Waals surface area contributed by atoms with Gasteiger partial charge in [-0.25, -0.2) is 0 Å². The highest BCUT2D eigenvalue weighted by Gasteiger charge is 2.37. The van der Waals surface area contributed by atoms with Gasteiger partial charge in [0.25, 0.3) is 5.91 Å². The van der Waals surface area contributed by atoms with Gasteiger partial charge in [0.2, 0.25) is 0 Å². The monoisotopic (exact) mass is 383 g/mol. The molecule has 3 rings (SSSR count). The van der Waals surface area contributed by atoms with E-state index in [1.54, 1.807) is 17.0 Å². The number of carbonyl (C=O) groups is 1. The van der Waals surface area contributed by atoms with E-state index < -0.39 is 0 Å². The third-order valence-corrected chi connectivity index (χ3v) is 5.89. The van der Waals surface area contributed by atoms with E-state index in [9.17, 15) is 9.90 Å². The Bertz CT molecular complexity index is 714. The van der Waals surface area contributed by atoms with Crippen molar-refractivity contribution < 1.29 is 14.6 Å². The number of nitrogens with zero attached hydrogens (tertiary/aromatic N) is 1. The number of thiocarbonyl (C=S) groups is 1. The fourth-order valence-corrected chi connectivity index (χ4v) is 4.74. The number of phenolic OH excluding ortho intramolecular Hbond substituents is 1. The molecule has 4 nitrogen and oxygen atoms in total. The fraction of sp³-hybridized carbons (Fsp3) is 0.412. The van der Waals surface area contributed by atoms with Crippen molar-refractivity contribution in [1.82, 2.24) is 4.90 Å². The minimum absolute atomic E-state index is 0.0372. The van der Waals surface area contributed by atoms with Gasteiger partial charge in [0, 0.05) is 22.7 Å². The van der Waals surface area contributed by atoms with E-state index in [0.717, 1.165) is 25.7 Å². The zero-order valence-electron chi connectivity index (χ0n) is 13.3. The van der Waals surface area contributed by atoms with Gasteiger partial charge in [-0.15, -0.1) is 0 Å². The van der Waals surface area contributed by atoms with Crippen LogP contribution in [0.4, 0.5) is 0 Å². The summed E-state index contributed by atoms with van der Waals surface area (Å²) >= 11 is 12.7. The maximum Gasteiger partial charge on any atom is 0.266 e. The lowest BCUT2D eigenvalue weighted by atomic mass is 9.94. The first kappa shape index (κ1) is 17.6. The molecule has 1 aliphatic heterocycles. The molecule has 2 aliphatic rings. The van der Waals surface area contributed by atoms with E-state index in [4.69, 9.17) is 28.6 Å². The van der Waals surface area contributed by atoms with Gasteiger partial charge in [-0.05, 0) is 25.0 Å². The molecule has 0 atom stereocenters. The number of thioether (sulfide) groups is 1. The zero-order valence-corrected chi connectivity index (χ0v) is 15.6. The van der Waals surface area contributed by atoms with Gasteiger partial charge in [-0.1, -0.05) is 54.8 Å². The number of benzene rings is 1. The van der Waals surface area contributed by atoms with Gasteiger partial charge in [0.1, 0.15) is 4.32 Å². The molecule has 1 N–H and O–H groups in total. The van der Waals surface area contributed by atoms with Crippen molar-refractivity contribution in [3.8, 4) is 11.5 Å². The van der Waals surface area contributed by atoms with Crippen LogP contribution in [0.1, 0.15) is 37.7 Å². The van der Waals surface area contributed by atoms with E-state index in [-0.39, 0.29) is 23.4 Å². The van der Waals surface area contributed by atoms with Crippen LogP contribution in [0.25, 0.3) is 6.08 Å². The van der Waals surface area contributed by atoms with Gasteiger partial charge < -0.3 is 9.84 Å². The topological polar surface area (TPSA) is 49.8 Å². The third-order valence-electron chi connectivity index (χ3n) is 4.34. The van der Waals surface area contributed by atoms with Crippen LogP contribution in [0, 0.1) is 0 Å². The normalized spacial score (nSPS) is 20.9. The molecule has 7 heteroatoms. The summed E-state index contributed by atoms with van der Waals surface area (Å²) < 4.78 is 5.69. The average Bonchev–Trinajstić information content (AvgIpc) is 2.85. The van der Waals surface area contributed by atoms with Crippen molar-refractivity contribution in [2.24, 2.45) is 0 Å². The number of halogens is 1. The minimum atomic E-state index is -0.0877. The number of amides is 1. The van der Waals surface area contributed by atoms with Crippen LogP contribution < -0.4 is 4.74 Å². The van der Waals surface area contributed by atoms with E-state index in [0.29, 0.717) is 19.8 Å². The maximum absolute atomic E-state index is 12.8. The molecule has 1 aromatic rings. The van der Waals surface area contributed by atoms with Gasteiger partial charge in [-0.3, -0.25) is 9.69 Å². The number of phenols is 1. The third kappa shape index (κ3) is 3.41. The van der Waals surface area contributed by atoms with Gasteiger partial charge in [0.15, 0.2) is 11.5 Å². The van der Waals surface area contributed by atoms with Crippen LogP contribution in [0.15, 0.2) is 17.0 Å². The molecule has 1 saturated carbocycles. The molecular weight excluding hydrogens is 366 g/mol. The molecule has 0 spiro atoms. The summed E-state index contributed by atoms with van der Waals surface area (Å²) in [5.41, 5.74) is 0.448. The molecule has 1 saturated heterocycles. The molecule has 1 aliphatic carbocycles. The van der Waals surface area contributed by atoms with Crippen LogP contribution in [0.5, 0.6) is 11.5 Å². The fourth-order valence-electron chi connectivity index (χ4n) is 3.14. The Hall–Kier alpha value is -1.24. The quantitative estimate of drug-likeness (QED) is 0.611. The van der Waals surface area contributed by atoms with Crippen LogP contribution in [-0.4, -0.2) is 33.4 Å². The molecule has 2 fully saturated rings. The molecule has 0 bridgehead atoms. The van der Waals surface area contributed by atoms with E-state index in [1.165, 1.54) is 31.4 Å². The lowest BCUT2D eigenvalue weighted by molar-refractivity contribution is -0.124. The number of aromatic hydroxyl groups is 1. The summed E-state index contributed by atoms with van der Waals surface area (Å²) in [6.45, 7) is 0. The van der Waals surface area contributed by atoms with Crippen LogP contribution in [-0.2, 0) is 4.79 Å². The number of rotatable bonds is 3. The first-order valence-corrected chi connectivity index (χ1v) is 9.45. The van der Waals surface area contributed by atoms with Crippen molar-refractivity contribution in [3.05, 3.63) is 27.6 Å². The summed E-state index contributed by atoms with van der Waals surface area (Å²) in [4.78, 5) is 15.0. The first-order chi connectivity index (χ1) is 11.5. The molecule has 24 heavy (non-hydrogen) atoms. The second kappa shape index (κ2) is 7.33. The zero-order chi connectivity index (χ0) is 17.3. The Morgan fingerprint density at radius 3 is 2.75 bits per heavy atom. The maximum atomic E-state index is 12.8. The average molecular weight is 384 g/mol. The van der Waals surface area contributed by atoms with Crippen molar-refractivity contribution in [2.45, 2.75) is 38.1 Å². The number of hydrogen-bond donors (Lipinski definition) is 1. The predicted molar refractivity (Wildman–Crippen MR) is 102 cm³/mol. The summed E-state index contributed by atoms with van der Waals surface area (Å²) in [5, 5.41) is 10.7. The summed E-state index contributed by atoms with van der Waals surface area (Å²) in [5.74, 6) is 0.150. The van der Waals surface area contributed by atoms with Gasteiger partial charge >= 0.3 is 0 Å². The summed E-state index contributed by atoms with van der Waals surface area (Å²) in [6.07, 6.45) is 7.11. The Kier molecular flexibility index (Phi) is 5.37. The summed E-state index contributed by atoms with van der Waals surface area (Å²) in [6, 6.07) is 3.33. The van der Waals surface area contributed by atoms with Gasteiger partial charge in [0.05, 0.1) is 12.0 Å². The van der Waals surface area contributed by atoms with Crippen molar-refractivity contribution in [1.29, 1.82) is 0 Å². The second-order valence-electron chi connectivity index (χ2n) is 5.89. The highest BCUT2D eigenvalue weighted by atomic mass is 35.5. The Morgan fingerprint density at radius 2 is 2.08 bits per heavy atom. The van der Waals surface area contributed by atoms with Gasteiger partial charge in [-0.2, -0.15) is 0 Å². The standard InChI is InChI=1S/C17H18ClNO3S2/c1-22-13-9-11(18)7-10(15(13)20)8-14-16(21)19(17(23)24-14)12-5-3-2-4-6-12/h7-9,12,20H,2-6H2,1H3/b14-8+. The largest absolute Gasteiger partial charge is 0.504 e. The number of methoxy groups -OCH3 is 1. The molecule has 1 aromatic carbocycles. The lowest BCUT2D eigenvalue weighted by Crippen LogP contribution is -2.39. The Labute approximate surface area is 155 Å². The molecule has 0 unspecified atom stereocenters. The number of ether oxygens (including phenoxy) is 1. The minimum Gasteiger partial charge on any atom is -0.504 e. The lowest BCUT2D eigenvalue weighted by Gasteiger charge is -2.29. The molecule has 1 heterocycles. The first-order valence-electron chi connectivity index (χ1n) is 7.85. The second-order valence-corrected chi connectivity index (χ2v) is 8.00. The molecule has 0 aromatic heterocycles. The SMILES string of the molecule is COc1cc(Cl)cc(/C=C2/SC(=S)N(C3CCCCC3)C2=O)c1O. The smallest absolute Gasteiger partial charge is 0.266 e. The van der Waals surface area contributed by atoms with E-state index >= 15 is 0 Å². The van der Waals surface area contributed by atoms with Crippen LogP contribution >= 0.6 is 35.6 Å². The molecule has 1 amide bonds. The Balaban J connectivity index is 1.90. The highest BCUT2D eigenvalue weighted by molar-refractivity contribution is 8.26. The van der Waals surface area contributed by atoms with E-state index in [1.807, 2.05) is 0 Å².